The fraction of sp³-hybridized carbons (Fsp3) is 0.0588. The van der Waals surface area contributed by atoms with Gasteiger partial charge in [-0.05, 0) is 23.6 Å². The first kappa shape index (κ1) is 11.4. The zero-order chi connectivity index (χ0) is 12.1. The molecular formula is C17H16. The molecule has 0 atom stereocenters. The van der Waals surface area contributed by atoms with Crippen molar-refractivity contribution in [3.8, 4) is 11.1 Å². The standard InChI is InChI=1S/C17H16/c1-14(2)8-9-15-10-12-17(13-11-15)16-6-4-3-5-7-16/h3-13H,1H2,2H3/b9-8-. The van der Waals surface area contributed by atoms with Crippen molar-refractivity contribution in [1.82, 2.24) is 0 Å². The monoisotopic (exact) mass is 220 g/mol. The average Bonchev–Trinajstić information content (AvgIpc) is 2.38. The molecule has 0 N–H and O–H groups in total. The first-order valence-electron chi connectivity index (χ1n) is 5.75. The van der Waals surface area contributed by atoms with E-state index in [1.54, 1.807) is 0 Å². The fourth-order valence-corrected chi connectivity index (χ4v) is 1.66. The van der Waals surface area contributed by atoms with Crippen molar-refractivity contribution in [3.05, 3.63) is 78.4 Å². The molecule has 0 aliphatic carbocycles. The van der Waals surface area contributed by atoms with Crippen LogP contribution >= 0.6 is 0 Å². The summed E-state index contributed by atoms with van der Waals surface area (Å²) < 4.78 is 0. The van der Waals surface area contributed by atoms with Crippen molar-refractivity contribution in [2.75, 3.05) is 0 Å². The lowest BCUT2D eigenvalue weighted by Crippen LogP contribution is -1.77. The van der Waals surface area contributed by atoms with Crippen LogP contribution in [0, 0.1) is 0 Å². The molecule has 0 heterocycles. The van der Waals surface area contributed by atoms with Crippen LogP contribution in [0.4, 0.5) is 0 Å². The van der Waals surface area contributed by atoms with Crippen molar-refractivity contribution < 1.29 is 0 Å². The van der Waals surface area contributed by atoms with Gasteiger partial charge in [-0.25, -0.2) is 0 Å². The molecule has 17 heavy (non-hydrogen) atoms. The van der Waals surface area contributed by atoms with E-state index < -0.39 is 0 Å². The Balaban J connectivity index is 2.22. The van der Waals surface area contributed by atoms with Crippen LogP contribution in [0.3, 0.4) is 0 Å². The molecule has 0 bridgehead atoms. The van der Waals surface area contributed by atoms with Gasteiger partial charge < -0.3 is 0 Å². The molecule has 0 saturated carbocycles. The summed E-state index contributed by atoms with van der Waals surface area (Å²) in [5.41, 5.74) is 4.77. The molecule has 2 aromatic rings. The van der Waals surface area contributed by atoms with Crippen LogP contribution in [-0.4, -0.2) is 0 Å². The molecule has 0 fully saturated rings. The van der Waals surface area contributed by atoms with Crippen LogP contribution in [0.25, 0.3) is 17.2 Å². The molecule has 0 amide bonds. The Bertz CT molecular complexity index is 516. The van der Waals surface area contributed by atoms with E-state index in [1.165, 1.54) is 16.7 Å². The van der Waals surface area contributed by atoms with E-state index in [0.717, 1.165) is 5.57 Å². The molecule has 0 heteroatoms. The summed E-state index contributed by atoms with van der Waals surface area (Å²) in [6.07, 6.45) is 4.11. The van der Waals surface area contributed by atoms with Crippen molar-refractivity contribution in [3.63, 3.8) is 0 Å². The Labute approximate surface area is 103 Å². The normalized spacial score (nSPS) is 10.6. The molecule has 0 unspecified atom stereocenters. The lowest BCUT2D eigenvalue weighted by Gasteiger charge is -2.01. The van der Waals surface area contributed by atoms with Gasteiger partial charge in [0.2, 0.25) is 0 Å². The van der Waals surface area contributed by atoms with E-state index in [0.29, 0.717) is 0 Å². The van der Waals surface area contributed by atoms with Crippen molar-refractivity contribution in [2.24, 2.45) is 0 Å². The predicted octanol–water partition coefficient (Wildman–Crippen LogP) is 4.94. The van der Waals surface area contributed by atoms with Crippen LogP contribution < -0.4 is 0 Å². The number of hydrogen-bond acceptors (Lipinski definition) is 0. The third-order valence-corrected chi connectivity index (χ3v) is 2.58. The number of hydrogen-bond donors (Lipinski definition) is 0. The van der Waals surface area contributed by atoms with Gasteiger partial charge in [0, 0.05) is 0 Å². The van der Waals surface area contributed by atoms with Crippen molar-refractivity contribution in [2.45, 2.75) is 6.92 Å². The zero-order valence-corrected chi connectivity index (χ0v) is 10.1. The Morgan fingerprint density at radius 3 is 2.06 bits per heavy atom. The summed E-state index contributed by atoms with van der Waals surface area (Å²) in [5.74, 6) is 0. The second kappa shape index (κ2) is 5.31. The molecule has 84 valence electrons. The lowest BCUT2D eigenvalue weighted by molar-refractivity contribution is 1.56. The molecular weight excluding hydrogens is 204 g/mol. The Hall–Kier alpha value is -2.08. The SMILES string of the molecule is C=C(C)/C=C\c1ccc(-c2ccccc2)cc1. The highest BCUT2D eigenvalue weighted by molar-refractivity contribution is 5.65. The van der Waals surface area contributed by atoms with Crippen LogP contribution in [-0.2, 0) is 0 Å². The largest absolute Gasteiger partial charge is 0.0961 e. The highest BCUT2D eigenvalue weighted by Gasteiger charge is 1.95. The van der Waals surface area contributed by atoms with Gasteiger partial charge in [-0.2, -0.15) is 0 Å². The van der Waals surface area contributed by atoms with Gasteiger partial charge in [0.15, 0.2) is 0 Å². The smallest absolute Gasteiger partial charge is 0.0184 e. The van der Waals surface area contributed by atoms with E-state index >= 15 is 0 Å². The summed E-state index contributed by atoms with van der Waals surface area (Å²) in [5, 5.41) is 0. The van der Waals surface area contributed by atoms with Crippen LogP contribution in [0.15, 0.2) is 72.8 Å². The van der Waals surface area contributed by atoms with E-state index in [4.69, 9.17) is 0 Å². The Kier molecular flexibility index (Phi) is 3.56. The van der Waals surface area contributed by atoms with Gasteiger partial charge in [-0.3, -0.25) is 0 Å². The fourth-order valence-electron chi connectivity index (χ4n) is 1.66. The summed E-state index contributed by atoms with van der Waals surface area (Å²) in [7, 11) is 0. The third kappa shape index (κ3) is 3.18. The number of allylic oxidation sites excluding steroid dienone is 2. The van der Waals surface area contributed by atoms with Gasteiger partial charge in [0.25, 0.3) is 0 Å². The summed E-state index contributed by atoms with van der Waals surface area (Å²) in [4.78, 5) is 0. The maximum Gasteiger partial charge on any atom is -0.0184 e. The van der Waals surface area contributed by atoms with E-state index in [1.807, 2.05) is 19.1 Å². The Morgan fingerprint density at radius 2 is 1.47 bits per heavy atom. The first-order chi connectivity index (χ1) is 8.25. The number of benzene rings is 2. The molecule has 0 aliphatic rings. The highest BCUT2D eigenvalue weighted by atomic mass is 14.0. The summed E-state index contributed by atoms with van der Waals surface area (Å²) in [6.45, 7) is 5.84. The Morgan fingerprint density at radius 1 is 0.882 bits per heavy atom. The van der Waals surface area contributed by atoms with E-state index in [-0.39, 0.29) is 0 Å². The van der Waals surface area contributed by atoms with Crippen molar-refractivity contribution >= 4 is 6.08 Å². The van der Waals surface area contributed by atoms with Gasteiger partial charge in [-0.15, -0.1) is 0 Å². The minimum atomic E-state index is 1.07. The highest BCUT2D eigenvalue weighted by Crippen LogP contribution is 2.19. The summed E-state index contributed by atoms with van der Waals surface area (Å²) in [6, 6.07) is 18.9. The second-order valence-electron chi connectivity index (χ2n) is 4.17. The van der Waals surface area contributed by atoms with Crippen LogP contribution in [0.2, 0.25) is 0 Å². The molecule has 2 rings (SSSR count). The minimum Gasteiger partial charge on any atom is -0.0961 e. The molecule has 0 spiro atoms. The number of rotatable bonds is 3. The predicted molar refractivity (Wildman–Crippen MR) is 75.7 cm³/mol. The van der Waals surface area contributed by atoms with Crippen LogP contribution in [0.5, 0.6) is 0 Å². The van der Waals surface area contributed by atoms with Gasteiger partial charge in [0.05, 0.1) is 0 Å². The third-order valence-electron chi connectivity index (χ3n) is 2.58. The zero-order valence-electron chi connectivity index (χ0n) is 10.1. The van der Waals surface area contributed by atoms with Gasteiger partial charge in [-0.1, -0.05) is 78.9 Å². The quantitative estimate of drug-likeness (QED) is 0.642. The molecule has 0 aromatic heterocycles. The molecule has 0 nitrogen and oxygen atoms in total. The van der Waals surface area contributed by atoms with Gasteiger partial charge in [0.1, 0.15) is 0 Å². The second-order valence-corrected chi connectivity index (χ2v) is 4.17. The molecule has 0 saturated heterocycles. The maximum absolute atomic E-state index is 3.85. The van der Waals surface area contributed by atoms with E-state index in [2.05, 4.69) is 61.2 Å². The molecule has 2 aromatic carbocycles. The summed E-state index contributed by atoms with van der Waals surface area (Å²) >= 11 is 0. The minimum absolute atomic E-state index is 1.07. The van der Waals surface area contributed by atoms with E-state index in [9.17, 15) is 0 Å². The topological polar surface area (TPSA) is 0 Å². The van der Waals surface area contributed by atoms with Gasteiger partial charge >= 0.3 is 0 Å². The molecule has 0 radical (unpaired) electrons. The first-order valence-corrected chi connectivity index (χ1v) is 5.75. The van der Waals surface area contributed by atoms with Crippen LogP contribution in [0.1, 0.15) is 12.5 Å². The lowest BCUT2D eigenvalue weighted by atomic mass is 10.0. The maximum atomic E-state index is 3.85. The molecule has 0 aliphatic heterocycles. The van der Waals surface area contributed by atoms with Crippen molar-refractivity contribution in [1.29, 1.82) is 0 Å². The average molecular weight is 220 g/mol.